The lowest BCUT2D eigenvalue weighted by molar-refractivity contribution is 0.0957. The lowest BCUT2D eigenvalue weighted by atomic mass is 10.3. The van der Waals surface area contributed by atoms with Gasteiger partial charge in [0.25, 0.3) is 5.91 Å². The summed E-state index contributed by atoms with van der Waals surface area (Å²) in [5.41, 5.74) is 0.321. The molecule has 1 rings (SSSR count). The molecule has 0 aliphatic rings. The van der Waals surface area contributed by atoms with Crippen LogP contribution in [0.25, 0.3) is 0 Å². The van der Waals surface area contributed by atoms with Crippen molar-refractivity contribution in [3.63, 3.8) is 0 Å². The number of carbonyl (C=O) groups excluding carboxylic acids is 1. The minimum Gasteiger partial charge on any atom is -0.366 e. The molecule has 5 nitrogen and oxygen atoms in total. The van der Waals surface area contributed by atoms with Crippen molar-refractivity contribution in [3.05, 3.63) is 17.8 Å². The molecule has 0 aromatic carbocycles. The number of aromatic nitrogens is 2. The number of rotatable bonds is 3. The molecule has 0 aliphatic carbocycles. The van der Waals surface area contributed by atoms with Gasteiger partial charge in [0.2, 0.25) is 0 Å². The average molecular weight is 194 g/mol. The molecule has 0 saturated carbocycles. The fourth-order valence-electron chi connectivity index (χ4n) is 0.954. The number of amides is 1. The highest BCUT2D eigenvalue weighted by Gasteiger charge is 2.05. The lowest BCUT2D eigenvalue weighted by Gasteiger charge is -2.07. The molecule has 0 spiro atoms. The van der Waals surface area contributed by atoms with E-state index in [1.54, 1.807) is 19.2 Å². The van der Waals surface area contributed by atoms with Crippen molar-refractivity contribution in [2.45, 2.75) is 19.9 Å². The summed E-state index contributed by atoms with van der Waals surface area (Å²) in [4.78, 5) is 11.1. The van der Waals surface area contributed by atoms with Crippen LogP contribution < -0.4 is 10.6 Å². The number of hydrogen-bond acceptors (Lipinski definition) is 4. The maximum absolute atomic E-state index is 11.1. The topological polar surface area (TPSA) is 66.9 Å². The van der Waals surface area contributed by atoms with Gasteiger partial charge >= 0.3 is 0 Å². The van der Waals surface area contributed by atoms with Gasteiger partial charge in [0, 0.05) is 13.1 Å². The maximum Gasteiger partial charge on any atom is 0.271 e. The normalized spacial score (nSPS) is 10.0. The van der Waals surface area contributed by atoms with E-state index >= 15 is 0 Å². The Morgan fingerprint density at radius 3 is 2.50 bits per heavy atom. The van der Waals surface area contributed by atoms with Crippen LogP contribution in [0.3, 0.4) is 0 Å². The van der Waals surface area contributed by atoms with Crippen molar-refractivity contribution in [1.82, 2.24) is 15.5 Å². The number of nitrogens with zero attached hydrogens (tertiary/aromatic N) is 2. The standard InChI is InChI=1S/C9H14N4O/c1-6(2)11-8-5-4-7(12-13-8)9(14)10-3/h4-6H,1-3H3,(H,10,14)(H,11,13). The van der Waals surface area contributed by atoms with Gasteiger partial charge in [-0.15, -0.1) is 10.2 Å². The molecule has 0 aliphatic heterocycles. The van der Waals surface area contributed by atoms with E-state index in [9.17, 15) is 4.79 Å². The van der Waals surface area contributed by atoms with Crippen molar-refractivity contribution in [2.24, 2.45) is 0 Å². The zero-order chi connectivity index (χ0) is 10.6. The quantitative estimate of drug-likeness (QED) is 0.741. The predicted octanol–water partition coefficient (Wildman–Crippen LogP) is 0.656. The zero-order valence-corrected chi connectivity index (χ0v) is 8.53. The van der Waals surface area contributed by atoms with Crippen molar-refractivity contribution in [3.8, 4) is 0 Å². The van der Waals surface area contributed by atoms with Crippen LogP contribution in [0, 0.1) is 0 Å². The smallest absolute Gasteiger partial charge is 0.271 e. The van der Waals surface area contributed by atoms with Crippen molar-refractivity contribution in [2.75, 3.05) is 12.4 Å². The Labute approximate surface area is 82.9 Å². The first kappa shape index (κ1) is 10.4. The Balaban J connectivity index is 2.73. The van der Waals surface area contributed by atoms with E-state index in [1.807, 2.05) is 13.8 Å². The molecule has 1 amide bonds. The Hall–Kier alpha value is -1.65. The molecule has 76 valence electrons. The molecule has 0 bridgehead atoms. The minimum absolute atomic E-state index is 0.228. The monoisotopic (exact) mass is 194 g/mol. The lowest BCUT2D eigenvalue weighted by Crippen LogP contribution is -2.20. The average Bonchev–Trinajstić information content (AvgIpc) is 2.17. The molecule has 0 atom stereocenters. The van der Waals surface area contributed by atoms with Gasteiger partial charge in [0.1, 0.15) is 5.82 Å². The van der Waals surface area contributed by atoms with E-state index in [1.165, 1.54) is 0 Å². The van der Waals surface area contributed by atoms with E-state index in [2.05, 4.69) is 20.8 Å². The molecule has 5 heteroatoms. The minimum atomic E-state index is -0.228. The van der Waals surface area contributed by atoms with Gasteiger partial charge in [0.05, 0.1) is 0 Å². The second-order valence-electron chi connectivity index (χ2n) is 3.18. The van der Waals surface area contributed by atoms with E-state index in [0.29, 0.717) is 17.6 Å². The fourth-order valence-corrected chi connectivity index (χ4v) is 0.954. The molecule has 1 heterocycles. The van der Waals surface area contributed by atoms with Crippen LogP contribution in [0.4, 0.5) is 5.82 Å². The molecule has 1 aromatic heterocycles. The third-order valence-corrected chi connectivity index (χ3v) is 1.56. The van der Waals surface area contributed by atoms with Crippen LogP contribution in [-0.4, -0.2) is 29.2 Å². The van der Waals surface area contributed by atoms with Gasteiger partial charge < -0.3 is 10.6 Å². The van der Waals surface area contributed by atoms with Crippen molar-refractivity contribution in [1.29, 1.82) is 0 Å². The molecule has 14 heavy (non-hydrogen) atoms. The second-order valence-corrected chi connectivity index (χ2v) is 3.18. The second kappa shape index (κ2) is 4.55. The predicted molar refractivity (Wildman–Crippen MR) is 54.2 cm³/mol. The highest BCUT2D eigenvalue weighted by atomic mass is 16.1. The van der Waals surface area contributed by atoms with Gasteiger partial charge in [-0.1, -0.05) is 0 Å². The van der Waals surface area contributed by atoms with Crippen LogP contribution in [0.15, 0.2) is 12.1 Å². The molecular formula is C9H14N4O. The summed E-state index contributed by atoms with van der Waals surface area (Å²) in [6.45, 7) is 4.02. The summed E-state index contributed by atoms with van der Waals surface area (Å²) < 4.78 is 0. The number of hydrogen-bond donors (Lipinski definition) is 2. The summed E-state index contributed by atoms with van der Waals surface area (Å²) in [7, 11) is 1.56. The Kier molecular flexibility index (Phi) is 3.39. The summed E-state index contributed by atoms with van der Waals surface area (Å²) in [6.07, 6.45) is 0. The van der Waals surface area contributed by atoms with Crippen LogP contribution in [-0.2, 0) is 0 Å². The zero-order valence-electron chi connectivity index (χ0n) is 8.53. The van der Waals surface area contributed by atoms with Gasteiger partial charge in [-0.05, 0) is 26.0 Å². The van der Waals surface area contributed by atoms with Crippen LogP contribution >= 0.6 is 0 Å². The first-order valence-corrected chi connectivity index (χ1v) is 4.46. The molecular weight excluding hydrogens is 180 g/mol. The van der Waals surface area contributed by atoms with Gasteiger partial charge in [-0.2, -0.15) is 0 Å². The Morgan fingerprint density at radius 1 is 1.36 bits per heavy atom. The highest BCUT2D eigenvalue weighted by Crippen LogP contribution is 2.03. The molecule has 2 N–H and O–H groups in total. The van der Waals surface area contributed by atoms with E-state index < -0.39 is 0 Å². The molecule has 0 fully saturated rings. The summed E-state index contributed by atoms with van der Waals surface area (Å²) in [5.74, 6) is 0.446. The van der Waals surface area contributed by atoms with Gasteiger partial charge in [-0.3, -0.25) is 4.79 Å². The van der Waals surface area contributed by atoms with Crippen molar-refractivity contribution < 1.29 is 4.79 Å². The maximum atomic E-state index is 11.1. The first-order chi connectivity index (χ1) is 6.63. The van der Waals surface area contributed by atoms with Crippen molar-refractivity contribution >= 4 is 11.7 Å². The first-order valence-electron chi connectivity index (χ1n) is 4.46. The Morgan fingerprint density at radius 2 is 2.07 bits per heavy atom. The molecule has 0 radical (unpaired) electrons. The summed E-state index contributed by atoms with van der Waals surface area (Å²) in [6, 6.07) is 3.67. The van der Waals surface area contributed by atoms with Crippen LogP contribution in [0.1, 0.15) is 24.3 Å². The van der Waals surface area contributed by atoms with Gasteiger partial charge in [0.15, 0.2) is 5.69 Å². The SMILES string of the molecule is CNC(=O)c1ccc(NC(C)C)nn1. The Bertz CT molecular complexity index is 307. The van der Waals surface area contributed by atoms with E-state index in [4.69, 9.17) is 0 Å². The number of nitrogens with one attached hydrogen (secondary N) is 2. The van der Waals surface area contributed by atoms with Crippen LogP contribution in [0.5, 0.6) is 0 Å². The largest absolute Gasteiger partial charge is 0.366 e. The summed E-state index contributed by atoms with van der Waals surface area (Å²) in [5, 5.41) is 13.2. The van der Waals surface area contributed by atoms with Gasteiger partial charge in [-0.25, -0.2) is 0 Å². The fraction of sp³-hybridized carbons (Fsp3) is 0.444. The number of anilines is 1. The third kappa shape index (κ3) is 2.69. The van der Waals surface area contributed by atoms with E-state index in [-0.39, 0.29) is 5.91 Å². The number of carbonyl (C=O) groups is 1. The van der Waals surface area contributed by atoms with E-state index in [0.717, 1.165) is 0 Å². The van der Waals surface area contributed by atoms with Crippen LogP contribution in [0.2, 0.25) is 0 Å². The highest BCUT2D eigenvalue weighted by molar-refractivity contribution is 5.91. The molecule has 0 saturated heterocycles. The third-order valence-electron chi connectivity index (χ3n) is 1.56. The summed E-state index contributed by atoms with van der Waals surface area (Å²) >= 11 is 0. The molecule has 0 unspecified atom stereocenters. The molecule has 1 aromatic rings.